The van der Waals surface area contributed by atoms with Crippen molar-refractivity contribution in [3.63, 3.8) is 0 Å². The van der Waals surface area contributed by atoms with Crippen LogP contribution >= 0.6 is 0 Å². The van der Waals surface area contributed by atoms with Crippen molar-refractivity contribution in [3.05, 3.63) is 65.2 Å². The van der Waals surface area contributed by atoms with Crippen LogP contribution in [0.1, 0.15) is 30.5 Å². The molecule has 0 saturated carbocycles. The standard InChI is InChI=1S/C20H25FO2/c1-16-4-8-18(9-5-16)20(2,3)15-22-14-17-6-10-19(11-7-17)23-13-12-21/h4-11H,12-15H2,1-3H3. The van der Waals surface area contributed by atoms with Crippen LogP contribution in [-0.2, 0) is 16.8 Å². The number of aryl methyl sites for hydroxylation is 1. The Labute approximate surface area is 138 Å². The number of rotatable bonds is 8. The molecule has 0 unspecified atom stereocenters. The smallest absolute Gasteiger partial charge is 0.123 e. The van der Waals surface area contributed by atoms with Gasteiger partial charge in [-0.3, -0.25) is 0 Å². The molecule has 0 aliphatic heterocycles. The second kappa shape index (κ2) is 8.11. The quantitative estimate of drug-likeness (QED) is 0.694. The molecule has 0 aliphatic rings. The molecule has 2 aromatic carbocycles. The van der Waals surface area contributed by atoms with Gasteiger partial charge in [0.15, 0.2) is 0 Å². The highest BCUT2D eigenvalue weighted by Crippen LogP contribution is 2.24. The molecule has 2 aromatic rings. The molecule has 0 radical (unpaired) electrons. The summed E-state index contributed by atoms with van der Waals surface area (Å²) in [5.41, 5.74) is 3.59. The Hall–Kier alpha value is -1.87. The molecule has 0 saturated heterocycles. The van der Waals surface area contributed by atoms with Crippen LogP contribution in [0.4, 0.5) is 4.39 Å². The topological polar surface area (TPSA) is 18.5 Å². The van der Waals surface area contributed by atoms with Gasteiger partial charge >= 0.3 is 0 Å². The fraction of sp³-hybridized carbons (Fsp3) is 0.400. The fourth-order valence-corrected chi connectivity index (χ4v) is 2.35. The number of halogens is 1. The summed E-state index contributed by atoms with van der Waals surface area (Å²) in [6.07, 6.45) is 0. The molecule has 124 valence electrons. The molecule has 0 fully saturated rings. The van der Waals surface area contributed by atoms with Crippen molar-refractivity contribution in [2.75, 3.05) is 19.9 Å². The van der Waals surface area contributed by atoms with Crippen molar-refractivity contribution < 1.29 is 13.9 Å². The summed E-state index contributed by atoms with van der Waals surface area (Å²) in [5, 5.41) is 0. The maximum Gasteiger partial charge on any atom is 0.123 e. The molecule has 0 heterocycles. The highest BCUT2D eigenvalue weighted by Gasteiger charge is 2.20. The van der Waals surface area contributed by atoms with Crippen molar-refractivity contribution in [1.82, 2.24) is 0 Å². The largest absolute Gasteiger partial charge is 0.491 e. The van der Waals surface area contributed by atoms with Gasteiger partial charge in [-0.25, -0.2) is 4.39 Å². The van der Waals surface area contributed by atoms with Crippen LogP contribution in [0.2, 0.25) is 0 Å². The minimum atomic E-state index is -0.473. The van der Waals surface area contributed by atoms with Gasteiger partial charge in [-0.15, -0.1) is 0 Å². The van der Waals surface area contributed by atoms with Crippen LogP contribution in [0.3, 0.4) is 0 Å². The third-order valence-electron chi connectivity index (χ3n) is 3.83. The van der Waals surface area contributed by atoms with Gasteiger partial charge < -0.3 is 9.47 Å². The van der Waals surface area contributed by atoms with Crippen LogP contribution in [0, 0.1) is 6.92 Å². The average molecular weight is 316 g/mol. The molecule has 0 N–H and O–H groups in total. The molecule has 0 aromatic heterocycles. The van der Waals surface area contributed by atoms with E-state index >= 15 is 0 Å². The second-order valence-corrected chi connectivity index (χ2v) is 6.42. The zero-order valence-corrected chi connectivity index (χ0v) is 14.1. The van der Waals surface area contributed by atoms with Crippen LogP contribution in [0.15, 0.2) is 48.5 Å². The Morgan fingerprint density at radius 1 is 0.957 bits per heavy atom. The lowest BCUT2D eigenvalue weighted by Crippen LogP contribution is -2.24. The van der Waals surface area contributed by atoms with Gasteiger partial charge in [-0.2, -0.15) is 0 Å². The Kier molecular flexibility index (Phi) is 6.17. The van der Waals surface area contributed by atoms with Gasteiger partial charge in [0.05, 0.1) is 13.2 Å². The van der Waals surface area contributed by atoms with Crippen molar-refractivity contribution in [1.29, 1.82) is 0 Å². The van der Waals surface area contributed by atoms with Crippen LogP contribution in [0.25, 0.3) is 0 Å². The van der Waals surface area contributed by atoms with Crippen molar-refractivity contribution in [2.24, 2.45) is 0 Å². The summed E-state index contributed by atoms with van der Waals surface area (Å²) in [7, 11) is 0. The molecule has 2 nitrogen and oxygen atoms in total. The van der Waals surface area contributed by atoms with Gasteiger partial charge in [0, 0.05) is 5.41 Å². The van der Waals surface area contributed by atoms with Crippen molar-refractivity contribution in [3.8, 4) is 5.75 Å². The summed E-state index contributed by atoms with van der Waals surface area (Å²) < 4.78 is 23.2. The van der Waals surface area contributed by atoms with E-state index < -0.39 is 6.67 Å². The van der Waals surface area contributed by atoms with Crippen molar-refractivity contribution in [2.45, 2.75) is 32.8 Å². The van der Waals surface area contributed by atoms with Gasteiger partial charge in [-0.05, 0) is 30.2 Å². The minimum absolute atomic E-state index is 0.0299. The predicted molar refractivity (Wildman–Crippen MR) is 91.8 cm³/mol. The van der Waals surface area contributed by atoms with Gasteiger partial charge in [0.1, 0.15) is 19.0 Å². The minimum Gasteiger partial charge on any atom is -0.491 e. The first-order valence-electron chi connectivity index (χ1n) is 7.94. The predicted octanol–water partition coefficient (Wildman–Crippen LogP) is 4.84. The normalized spacial score (nSPS) is 11.5. The van der Waals surface area contributed by atoms with Gasteiger partial charge in [-0.1, -0.05) is 55.8 Å². The summed E-state index contributed by atoms with van der Waals surface area (Å²) >= 11 is 0. The number of ether oxygens (including phenoxy) is 2. The van der Waals surface area contributed by atoms with E-state index in [1.54, 1.807) is 0 Å². The van der Waals surface area contributed by atoms with E-state index in [9.17, 15) is 4.39 Å². The summed E-state index contributed by atoms with van der Waals surface area (Å²) in [5.74, 6) is 0.686. The first-order chi connectivity index (χ1) is 11.0. The molecule has 0 spiro atoms. The van der Waals surface area contributed by atoms with Crippen molar-refractivity contribution >= 4 is 0 Å². The monoisotopic (exact) mass is 316 g/mol. The highest BCUT2D eigenvalue weighted by molar-refractivity contribution is 5.28. The molecule has 0 bridgehead atoms. The lowest BCUT2D eigenvalue weighted by atomic mass is 9.85. The summed E-state index contributed by atoms with van der Waals surface area (Å²) in [6, 6.07) is 16.2. The fourth-order valence-electron chi connectivity index (χ4n) is 2.35. The molecular weight excluding hydrogens is 291 g/mol. The van der Waals surface area contributed by atoms with Gasteiger partial charge in [0.25, 0.3) is 0 Å². The number of benzene rings is 2. The lowest BCUT2D eigenvalue weighted by Gasteiger charge is -2.25. The first-order valence-corrected chi connectivity index (χ1v) is 7.94. The molecule has 3 heteroatoms. The van der Waals surface area contributed by atoms with E-state index in [-0.39, 0.29) is 12.0 Å². The Bertz CT molecular complexity index is 588. The maximum absolute atomic E-state index is 12.1. The highest BCUT2D eigenvalue weighted by atomic mass is 19.1. The number of alkyl halides is 1. The second-order valence-electron chi connectivity index (χ2n) is 6.42. The zero-order chi connectivity index (χ0) is 16.7. The summed E-state index contributed by atoms with van der Waals surface area (Å²) in [4.78, 5) is 0. The Morgan fingerprint density at radius 3 is 2.22 bits per heavy atom. The SMILES string of the molecule is Cc1ccc(C(C)(C)COCc2ccc(OCCF)cc2)cc1. The average Bonchev–Trinajstić information content (AvgIpc) is 2.54. The Balaban J connectivity index is 1.85. The summed E-state index contributed by atoms with van der Waals surface area (Å²) in [6.45, 7) is 7.29. The van der Waals surface area contributed by atoms with E-state index in [0.717, 1.165) is 5.56 Å². The number of hydrogen-bond donors (Lipinski definition) is 0. The zero-order valence-electron chi connectivity index (χ0n) is 14.1. The van der Waals surface area contributed by atoms with Gasteiger partial charge in [0.2, 0.25) is 0 Å². The van der Waals surface area contributed by atoms with E-state index in [1.165, 1.54) is 11.1 Å². The van der Waals surface area contributed by atoms with Crippen LogP contribution < -0.4 is 4.74 Å². The maximum atomic E-state index is 12.1. The third-order valence-corrected chi connectivity index (χ3v) is 3.83. The Morgan fingerprint density at radius 2 is 1.61 bits per heavy atom. The first kappa shape index (κ1) is 17.5. The van der Waals surface area contributed by atoms with Crippen LogP contribution in [-0.4, -0.2) is 19.9 Å². The van der Waals surface area contributed by atoms with Crippen LogP contribution in [0.5, 0.6) is 5.75 Å². The third kappa shape index (κ3) is 5.36. The molecule has 2 rings (SSSR count). The lowest BCUT2D eigenvalue weighted by molar-refractivity contribution is 0.0824. The van der Waals surface area contributed by atoms with E-state index in [0.29, 0.717) is 19.0 Å². The van der Waals surface area contributed by atoms with E-state index in [1.807, 2.05) is 24.3 Å². The van der Waals surface area contributed by atoms with E-state index in [2.05, 4.69) is 45.0 Å². The molecule has 0 aliphatic carbocycles. The number of hydrogen-bond acceptors (Lipinski definition) is 2. The molecular formula is C20H25FO2. The molecule has 0 atom stereocenters. The molecule has 23 heavy (non-hydrogen) atoms. The molecule has 0 amide bonds. The van der Waals surface area contributed by atoms with E-state index in [4.69, 9.17) is 9.47 Å².